The summed E-state index contributed by atoms with van der Waals surface area (Å²) >= 11 is 0. The van der Waals surface area contributed by atoms with Crippen molar-refractivity contribution in [1.82, 2.24) is 14.7 Å². The lowest BCUT2D eigenvalue weighted by molar-refractivity contribution is -0.116. The zero-order valence-electron chi connectivity index (χ0n) is 17.6. The number of carbonyl (C=O) groups is 1. The summed E-state index contributed by atoms with van der Waals surface area (Å²) in [4.78, 5) is 30.1. The van der Waals surface area contributed by atoms with Crippen LogP contribution in [-0.4, -0.2) is 27.2 Å². The molecule has 32 heavy (non-hydrogen) atoms. The van der Waals surface area contributed by atoms with Crippen LogP contribution in [0, 0.1) is 0 Å². The van der Waals surface area contributed by atoms with Crippen molar-refractivity contribution in [2.45, 2.75) is 32.2 Å². The third kappa shape index (κ3) is 3.99. The number of rotatable bonds is 7. The molecule has 1 fully saturated rings. The van der Waals surface area contributed by atoms with Crippen LogP contribution in [0.25, 0.3) is 22.4 Å². The van der Waals surface area contributed by atoms with Gasteiger partial charge in [0.25, 0.3) is 11.4 Å². The molecule has 0 atom stereocenters. The van der Waals surface area contributed by atoms with Gasteiger partial charge in [-0.05, 0) is 50.1 Å². The Bertz CT molecular complexity index is 1340. The summed E-state index contributed by atoms with van der Waals surface area (Å²) in [6, 6.07) is 15.9. The van der Waals surface area contributed by atoms with Gasteiger partial charge < -0.3 is 14.6 Å². The van der Waals surface area contributed by atoms with Crippen molar-refractivity contribution < 1.29 is 14.1 Å². The Balaban J connectivity index is 1.43. The first kappa shape index (κ1) is 20.0. The third-order valence-electron chi connectivity index (χ3n) is 5.38. The topological polar surface area (TPSA) is 99.2 Å². The second kappa shape index (κ2) is 8.30. The lowest BCUT2D eigenvalue weighted by Crippen LogP contribution is -2.27. The standard InChI is InChI=1S/C24H22N4O4/c1-2-31-17-11-9-16(10-12-17)25-21(29)14-28-20-6-4-3-5-18(20)19(13-22(28)30)24-26-23(27-32-24)15-7-8-15/h3-6,9-13,15H,2,7-8,14H2,1H3,(H,25,29). The van der Waals surface area contributed by atoms with Gasteiger partial charge in [0.1, 0.15) is 12.3 Å². The van der Waals surface area contributed by atoms with Crippen molar-refractivity contribution in [2.75, 3.05) is 11.9 Å². The largest absolute Gasteiger partial charge is 0.494 e. The maximum Gasteiger partial charge on any atom is 0.258 e. The molecule has 1 N–H and O–H groups in total. The highest BCUT2D eigenvalue weighted by molar-refractivity contribution is 5.95. The van der Waals surface area contributed by atoms with Crippen molar-refractivity contribution >= 4 is 22.5 Å². The predicted molar refractivity (Wildman–Crippen MR) is 120 cm³/mol. The van der Waals surface area contributed by atoms with E-state index in [0.29, 0.717) is 41.0 Å². The van der Waals surface area contributed by atoms with Gasteiger partial charge in [0.05, 0.1) is 17.7 Å². The van der Waals surface area contributed by atoms with Crippen LogP contribution in [0.1, 0.15) is 31.5 Å². The van der Waals surface area contributed by atoms with Crippen LogP contribution in [0.3, 0.4) is 0 Å². The molecule has 0 aliphatic heterocycles. The molecule has 0 bridgehead atoms. The number of anilines is 1. The number of benzene rings is 2. The van der Waals surface area contributed by atoms with Crippen LogP contribution in [0.2, 0.25) is 0 Å². The minimum Gasteiger partial charge on any atom is -0.494 e. The van der Waals surface area contributed by atoms with Crippen molar-refractivity contribution in [3.63, 3.8) is 0 Å². The lowest BCUT2D eigenvalue weighted by atomic mass is 10.1. The maximum atomic E-state index is 13.0. The second-order valence-corrected chi connectivity index (χ2v) is 7.74. The molecule has 8 nitrogen and oxygen atoms in total. The summed E-state index contributed by atoms with van der Waals surface area (Å²) in [5.74, 6) is 1.79. The van der Waals surface area contributed by atoms with Gasteiger partial charge in [-0.2, -0.15) is 4.98 Å². The average molecular weight is 430 g/mol. The van der Waals surface area contributed by atoms with Crippen molar-refractivity contribution in [3.8, 4) is 17.2 Å². The van der Waals surface area contributed by atoms with Crippen LogP contribution in [0.5, 0.6) is 5.75 Å². The van der Waals surface area contributed by atoms with Gasteiger partial charge >= 0.3 is 0 Å². The van der Waals surface area contributed by atoms with Gasteiger partial charge in [-0.25, -0.2) is 0 Å². The van der Waals surface area contributed by atoms with E-state index in [1.807, 2.05) is 31.2 Å². The highest BCUT2D eigenvalue weighted by Gasteiger charge is 2.29. The normalized spacial score (nSPS) is 13.3. The van der Waals surface area contributed by atoms with Gasteiger partial charge in [0.2, 0.25) is 5.91 Å². The Morgan fingerprint density at radius 3 is 2.72 bits per heavy atom. The van der Waals surface area contributed by atoms with Gasteiger partial charge in [-0.1, -0.05) is 23.4 Å². The summed E-state index contributed by atoms with van der Waals surface area (Å²) in [5, 5.41) is 7.65. The first-order valence-electron chi connectivity index (χ1n) is 10.6. The number of hydrogen-bond acceptors (Lipinski definition) is 6. The van der Waals surface area contributed by atoms with Crippen LogP contribution >= 0.6 is 0 Å². The van der Waals surface area contributed by atoms with Crippen LogP contribution in [0.4, 0.5) is 5.69 Å². The number of para-hydroxylation sites is 1. The van der Waals surface area contributed by atoms with E-state index in [1.54, 1.807) is 24.3 Å². The molecule has 0 spiro atoms. The highest BCUT2D eigenvalue weighted by atomic mass is 16.5. The number of fused-ring (bicyclic) bond motifs is 1. The zero-order chi connectivity index (χ0) is 22.1. The third-order valence-corrected chi connectivity index (χ3v) is 5.38. The monoisotopic (exact) mass is 430 g/mol. The Labute approximate surface area is 183 Å². The summed E-state index contributed by atoms with van der Waals surface area (Å²) in [6.07, 6.45) is 2.12. The van der Waals surface area contributed by atoms with Gasteiger partial charge in [0.15, 0.2) is 5.82 Å². The van der Waals surface area contributed by atoms with Crippen molar-refractivity contribution in [1.29, 1.82) is 0 Å². The molecular weight excluding hydrogens is 408 g/mol. The number of aromatic nitrogens is 3. The molecular formula is C24H22N4O4. The van der Waals surface area contributed by atoms with E-state index in [-0.39, 0.29) is 18.0 Å². The minimum atomic E-state index is -0.313. The molecule has 5 rings (SSSR count). The van der Waals surface area contributed by atoms with Crippen molar-refractivity contribution in [2.24, 2.45) is 0 Å². The van der Waals surface area contributed by atoms with E-state index in [4.69, 9.17) is 9.26 Å². The van der Waals surface area contributed by atoms with Gasteiger partial charge in [0, 0.05) is 23.1 Å². The summed E-state index contributed by atoms with van der Waals surface area (Å²) in [7, 11) is 0. The maximum absolute atomic E-state index is 13.0. The van der Waals surface area contributed by atoms with Crippen LogP contribution < -0.4 is 15.6 Å². The van der Waals surface area contributed by atoms with E-state index in [1.165, 1.54) is 10.6 Å². The quantitative estimate of drug-likeness (QED) is 0.476. The molecule has 2 aromatic heterocycles. The molecule has 1 amide bonds. The molecule has 0 unspecified atom stereocenters. The molecule has 2 heterocycles. The molecule has 1 aliphatic rings. The van der Waals surface area contributed by atoms with Gasteiger partial charge in [-0.3, -0.25) is 14.2 Å². The number of amides is 1. The number of carbonyl (C=O) groups excluding carboxylic acids is 1. The molecule has 0 radical (unpaired) electrons. The second-order valence-electron chi connectivity index (χ2n) is 7.74. The van der Waals surface area contributed by atoms with Gasteiger partial charge in [-0.15, -0.1) is 0 Å². The Hall–Kier alpha value is -3.94. The Morgan fingerprint density at radius 1 is 1.19 bits per heavy atom. The fourth-order valence-electron chi connectivity index (χ4n) is 3.67. The highest BCUT2D eigenvalue weighted by Crippen LogP contribution is 2.39. The lowest BCUT2D eigenvalue weighted by Gasteiger charge is -2.12. The molecule has 1 saturated carbocycles. The minimum absolute atomic E-state index is 0.121. The predicted octanol–water partition coefficient (Wildman–Crippen LogP) is 3.97. The fourth-order valence-corrected chi connectivity index (χ4v) is 3.67. The number of pyridine rings is 1. The first-order valence-corrected chi connectivity index (χ1v) is 10.6. The summed E-state index contributed by atoms with van der Waals surface area (Å²) < 4.78 is 12.3. The number of nitrogens with zero attached hydrogens (tertiary/aromatic N) is 3. The number of hydrogen-bond donors (Lipinski definition) is 1. The number of ether oxygens (including phenoxy) is 1. The van der Waals surface area contributed by atoms with Crippen LogP contribution in [0.15, 0.2) is 63.9 Å². The Morgan fingerprint density at radius 2 is 1.97 bits per heavy atom. The molecule has 1 aliphatic carbocycles. The smallest absolute Gasteiger partial charge is 0.258 e. The van der Waals surface area contributed by atoms with E-state index in [2.05, 4.69) is 15.5 Å². The molecule has 2 aromatic carbocycles. The summed E-state index contributed by atoms with van der Waals surface area (Å²) in [5.41, 5.74) is 1.52. The van der Waals surface area contributed by atoms with E-state index in [9.17, 15) is 9.59 Å². The van der Waals surface area contributed by atoms with Crippen LogP contribution in [-0.2, 0) is 11.3 Å². The van der Waals surface area contributed by atoms with E-state index < -0.39 is 0 Å². The fraction of sp³-hybridized carbons (Fsp3) is 0.250. The molecule has 8 heteroatoms. The van der Waals surface area contributed by atoms with E-state index in [0.717, 1.165) is 24.0 Å². The number of nitrogens with one attached hydrogen (secondary N) is 1. The Kier molecular flexibility index (Phi) is 5.18. The molecule has 0 saturated heterocycles. The zero-order valence-corrected chi connectivity index (χ0v) is 17.6. The average Bonchev–Trinajstić information content (AvgIpc) is 3.54. The van der Waals surface area contributed by atoms with E-state index >= 15 is 0 Å². The van der Waals surface area contributed by atoms with Crippen molar-refractivity contribution in [3.05, 3.63) is 70.8 Å². The SMILES string of the molecule is CCOc1ccc(NC(=O)Cn2c(=O)cc(-c3nc(C4CC4)no3)c3ccccc32)cc1. The molecule has 162 valence electrons. The molecule has 4 aromatic rings. The summed E-state index contributed by atoms with van der Waals surface area (Å²) in [6.45, 7) is 2.36. The first-order chi connectivity index (χ1) is 15.6.